The van der Waals surface area contributed by atoms with Gasteiger partial charge in [-0.2, -0.15) is 0 Å². The number of carbonyl (C=O) groups is 1. The van der Waals surface area contributed by atoms with Crippen LogP contribution in [0.5, 0.6) is 0 Å². The molecule has 2 atom stereocenters. The van der Waals surface area contributed by atoms with Gasteiger partial charge in [0.1, 0.15) is 19.3 Å². The number of nitrogens with zero attached hydrogens (tertiary/aromatic N) is 1. The largest absolute Gasteiger partial charge is 0.472 e. The van der Waals surface area contributed by atoms with E-state index in [-0.39, 0.29) is 19.8 Å². The topological polar surface area (TPSA) is 91.3 Å². The fourth-order valence-corrected chi connectivity index (χ4v) is 4.95. The highest BCUT2D eigenvalue weighted by Crippen LogP contribution is 2.43. The third kappa shape index (κ3) is 33.5. The predicted molar refractivity (Wildman–Crippen MR) is 178 cm³/mol. The summed E-state index contributed by atoms with van der Waals surface area (Å²) in [7, 11) is 1.64. The van der Waals surface area contributed by atoms with Gasteiger partial charge in [0.25, 0.3) is 0 Å². The molecule has 0 rings (SSSR count). The van der Waals surface area contributed by atoms with E-state index in [4.69, 9.17) is 18.5 Å². The highest BCUT2D eigenvalue weighted by atomic mass is 31.2. The van der Waals surface area contributed by atoms with Crippen LogP contribution in [0.1, 0.15) is 117 Å². The van der Waals surface area contributed by atoms with Gasteiger partial charge in [0.05, 0.1) is 34.4 Å². The number of quaternary nitrogens is 1. The Morgan fingerprint density at radius 1 is 0.721 bits per heavy atom. The lowest BCUT2D eigenvalue weighted by Crippen LogP contribution is -2.37. The molecule has 0 heterocycles. The molecular weight excluding hydrogens is 565 g/mol. The molecule has 0 saturated carbocycles. The molecule has 0 amide bonds. The Balaban J connectivity index is 3.72. The quantitative estimate of drug-likeness (QED) is 0.0279. The fraction of sp³-hybridized carbons (Fsp3) is 0.794. The number of hydrogen-bond donors (Lipinski definition) is 1. The summed E-state index contributed by atoms with van der Waals surface area (Å²) in [4.78, 5) is 21.3. The van der Waals surface area contributed by atoms with Crippen LogP contribution >= 0.6 is 7.82 Å². The van der Waals surface area contributed by atoms with Gasteiger partial charge >= 0.3 is 13.8 Å². The van der Waals surface area contributed by atoms with Crippen molar-refractivity contribution in [2.24, 2.45) is 0 Å². The molecule has 0 radical (unpaired) electrons. The minimum atomic E-state index is -4.22. The SMILES string of the molecule is CCCCCCC/C=C\C/C=C\C/C=C\CCCCCCCCCOCC(COP(=O)(O)OCC[N+](C)(C)C)OC(C)=O. The van der Waals surface area contributed by atoms with Crippen molar-refractivity contribution < 1.29 is 37.3 Å². The van der Waals surface area contributed by atoms with Crippen molar-refractivity contribution in [2.75, 3.05) is 54.1 Å². The van der Waals surface area contributed by atoms with Crippen LogP contribution in [-0.4, -0.2) is 75.6 Å². The maximum absolute atomic E-state index is 12.1. The van der Waals surface area contributed by atoms with Crippen molar-refractivity contribution in [2.45, 2.75) is 123 Å². The molecule has 0 aromatic carbocycles. The Labute approximate surface area is 264 Å². The Morgan fingerprint density at radius 3 is 1.77 bits per heavy atom. The second kappa shape index (κ2) is 28.2. The number of phosphoric ester groups is 1. The van der Waals surface area contributed by atoms with E-state index >= 15 is 0 Å². The average Bonchev–Trinajstić information content (AvgIpc) is 2.93. The number of allylic oxidation sites excluding steroid dienone is 6. The van der Waals surface area contributed by atoms with Gasteiger partial charge in [0.2, 0.25) is 0 Å². The lowest BCUT2D eigenvalue weighted by atomic mass is 10.1. The summed E-state index contributed by atoms with van der Waals surface area (Å²) < 4.78 is 33.5. The maximum Gasteiger partial charge on any atom is 0.472 e. The summed E-state index contributed by atoms with van der Waals surface area (Å²) in [5, 5.41) is 0. The number of ether oxygens (including phenoxy) is 2. The van der Waals surface area contributed by atoms with Crippen molar-refractivity contribution in [1.29, 1.82) is 0 Å². The van der Waals surface area contributed by atoms with Crippen LogP contribution < -0.4 is 0 Å². The summed E-state index contributed by atoms with van der Waals surface area (Å²) in [6, 6.07) is 0. The molecule has 0 fully saturated rings. The molecule has 1 N–H and O–H groups in total. The first-order valence-corrected chi connectivity index (χ1v) is 18.2. The molecule has 0 bridgehead atoms. The summed E-state index contributed by atoms with van der Waals surface area (Å²) in [6.45, 7) is 4.57. The van der Waals surface area contributed by atoms with Gasteiger partial charge in [0.15, 0.2) is 0 Å². The van der Waals surface area contributed by atoms with E-state index in [2.05, 4.69) is 43.4 Å². The van der Waals surface area contributed by atoms with Crippen LogP contribution in [-0.2, 0) is 27.9 Å². The fourth-order valence-electron chi connectivity index (χ4n) is 4.20. The minimum Gasteiger partial charge on any atom is -0.458 e. The van der Waals surface area contributed by atoms with Crippen LogP contribution in [0.25, 0.3) is 0 Å². The average molecular weight is 631 g/mol. The van der Waals surface area contributed by atoms with E-state index in [1.165, 1.54) is 77.6 Å². The first kappa shape index (κ1) is 41.7. The van der Waals surface area contributed by atoms with Crippen molar-refractivity contribution >= 4 is 13.8 Å². The molecule has 0 aliphatic carbocycles. The number of unbranched alkanes of at least 4 members (excludes halogenated alkanes) is 12. The number of rotatable bonds is 30. The van der Waals surface area contributed by atoms with E-state index < -0.39 is 19.9 Å². The third-order valence-corrected chi connectivity index (χ3v) is 7.74. The van der Waals surface area contributed by atoms with E-state index in [0.29, 0.717) is 17.6 Å². The Morgan fingerprint density at radius 2 is 1.23 bits per heavy atom. The molecule has 0 spiro atoms. The molecule has 0 aromatic rings. The van der Waals surface area contributed by atoms with Gasteiger partial charge in [-0.25, -0.2) is 4.57 Å². The van der Waals surface area contributed by atoms with Crippen molar-refractivity contribution in [3.8, 4) is 0 Å². The molecule has 0 saturated heterocycles. The number of esters is 1. The zero-order valence-electron chi connectivity index (χ0n) is 28.2. The molecule has 252 valence electrons. The molecular formula is C34H65NO7P+. The molecule has 9 heteroatoms. The van der Waals surface area contributed by atoms with Crippen LogP contribution in [0.3, 0.4) is 0 Å². The molecule has 43 heavy (non-hydrogen) atoms. The Hall–Kier alpha value is -1.28. The lowest BCUT2D eigenvalue weighted by Gasteiger charge is -2.24. The van der Waals surface area contributed by atoms with Crippen LogP contribution in [0.15, 0.2) is 36.5 Å². The van der Waals surface area contributed by atoms with Gasteiger partial charge in [-0.05, 0) is 44.9 Å². The van der Waals surface area contributed by atoms with Gasteiger partial charge in [-0.15, -0.1) is 0 Å². The monoisotopic (exact) mass is 630 g/mol. The lowest BCUT2D eigenvalue weighted by molar-refractivity contribution is -0.870. The van der Waals surface area contributed by atoms with Crippen molar-refractivity contribution in [3.05, 3.63) is 36.5 Å². The first-order valence-electron chi connectivity index (χ1n) is 16.7. The first-order chi connectivity index (χ1) is 20.6. The van der Waals surface area contributed by atoms with Crippen LogP contribution in [0.4, 0.5) is 0 Å². The number of hydrogen-bond acceptors (Lipinski definition) is 6. The van der Waals surface area contributed by atoms with Crippen LogP contribution in [0, 0.1) is 0 Å². The van der Waals surface area contributed by atoms with Gasteiger partial charge in [0, 0.05) is 13.5 Å². The van der Waals surface area contributed by atoms with Gasteiger partial charge in [-0.3, -0.25) is 13.8 Å². The zero-order chi connectivity index (χ0) is 32.1. The smallest absolute Gasteiger partial charge is 0.458 e. The van der Waals surface area contributed by atoms with Crippen molar-refractivity contribution in [1.82, 2.24) is 0 Å². The number of likely N-dealkylation sites (N-methyl/N-ethyl adjacent to an activating group) is 1. The maximum atomic E-state index is 12.1. The minimum absolute atomic E-state index is 0.0820. The normalized spacial score (nSPS) is 14.7. The molecule has 8 nitrogen and oxygen atoms in total. The molecule has 0 aliphatic heterocycles. The number of carbonyl (C=O) groups excluding carboxylic acids is 1. The highest BCUT2D eigenvalue weighted by Gasteiger charge is 2.25. The molecule has 0 aliphatic rings. The van der Waals surface area contributed by atoms with E-state index in [0.717, 1.165) is 32.1 Å². The summed E-state index contributed by atoms with van der Waals surface area (Å²) in [6.07, 6.45) is 32.3. The second-order valence-electron chi connectivity index (χ2n) is 12.3. The summed E-state index contributed by atoms with van der Waals surface area (Å²) >= 11 is 0. The van der Waals surface area contributed by atoms with Crippen molar-refractivity contribution in [3.63, 3.8) is 0 Å². The van der Waals surface area contributed by atoms with Gasteiger partial charge < -0.3 is 18.9 Å². The van der Waals surface area contributed by atoms with E-state index in [1.807, 2.05) is 21.1 Å². The third-order valence-electron chi connectivity index (χ3n) is 6.75. The Bertz CT molecular complexity index is 792. The Kier molecular flexibility index (Phi) is 27.4. The standard InChI is InChI=1S/C34H64NO7P/c1-6-7-8-9-10-11-12-13-14-15-16-17-18-19-20-21-22-23-24-25-26-27-29-39-31-34(42-33(2)36)32-41-43(37,38)40-30-28-35(3,4)5/h12-13,15-16,18-19,34H,6-11,14,17,20-32H2,1-5H3/p+1/b13-12-,16-15-,19-18-. The zero-order valence-corrected chi connectivity index (χ0v) is 29.1. The predicted octanol–water partition coefficient (Wildman–Crippen LogP) is 8.70. The number of phosphoric acid groups is 1. The second-order valence-corrected chi connectivity index (χ2v) is 13.7. The van der Waals surface area contributed by atoms with E-state index in [9.17, 15) is 14.3 Å². The molecule has 0 aromatic heterocycles. The highest BCUT2D eigenvalue weighted by molar-refractivity contribution is 7.47. The summed E-state index contributed by atoms with van der Waals surface area (Å²) in [5.41, 5.74) is 0. The summed E-state index contributed by atoms with van der Waals surface area (Å²) in [5.74, 6) is -0.495. The van der Waals surface area contributed by atoms with E-state index in [1.54, 1.807) is 0 Å². The molecule has 2 unspecified atom stereocenters. The van der Waals surface area contributed by atoms with Gasteiger partial charge in [-0.1, -0.05) is 101 Å². The van der Waals surface area contributed by atoms with Crippen LogP contribution in [0.2, 0.25) is 0 Å².